The molecule has 2 aromatic rings. The maximum absolute atomic E-state index is 3.37. The molecule has 3 rings (SSSR count). The van der Waals surface area contributed by atoms with Crippen LogP contribution in [0.25, 0.3) is 10.9 Å². The van der Waals surface area contributed by atoms with E-state index in [9.17, 15) is 0 Å². The Morgan fingerprint density at radius 3 is 3.06 bits per heavy atom. The van der Waals surface area contributed by atoms with Crippen molar-refractivity contribution in [1.29, 1.82) is 0 Å². The van der Waals surface area contributed by atoms with Gasteiger partial charge in [-0.15, -0.1) is 0 Å². The summed E-state index contributed by atoms with van der Waals surface area (Å²) in [6, 6.07) is 9.32. The van der Waals surface area contributed by atoms with Gasteiger partial charge in [-0.05, 0) is 37.9 Å². The lowest BCUT2D eigenvalue weighted by Gasteiger charge is -2.33. The van der Waals surface area contributed by atoms with E-state index in [1.54, 1.807) is 0 Å². The van der Waals surface area contributed by atoms with Gasteiger partial charge in [0.15, 0.2) is 0 Å². The van der Waals surface area contributed by atoms with Crippen LogP contribution in [-0.4, -0.2) is 22.5 Å². The average Bonchev–Trinajstić information content (AvgIpc) is 2.76. The molecule has 0 unspecified atom stereocenters. The van der Waals surface area contributed by atoms with Crippen LogP contribution in [0.1, 0.15) is 31.7 Å². The summed E-state index contributed by atoms with van der Waals surface area (Å²) < 4.78 is 0. The number of H-pyrrole nitrogens is 1. The third kappa shape index (κ3) is 2.09. The van der Waals surface area contributed by atoms with E-state index in [2.05, 4.69) is 47.3 Å². The third-order valence-corrected chi connectivity index (χ3v) is 3.99. The summed E-state index contributed by atoms with van der Waals surface area (Å²) in [5, 5.41) is 1.38. The van der Waals surface area contributed by atoms with E-state index in [-0.39, 0.29) is 0 Å². The zero-order valence-electron chi connectivity index (χ0n) is 10.4. The van der Waals surface area contributed by atoms with Crippen LogP contribution in [0.4, 0.5) is 0 Å². The number of hydrogen-bond acceptors (Lipinski definition) is 1. The molecule has 2 heterocycles. The van der Waals surface area contributed by atoms with Crippen LogP contribution < -0.4 is 0 Å². The van der Waals surface area contributed by atoms with Gasteiger partial charge >= 0.3 is 0 Å². The first-order valence-corrected chi connectivity index (χ1v) is 6.63. The largest absolute Gasteiger partial charge is 0.361 e. The summed E-state index contributed by atoms with van der Waals surface area (Å²) in [7, 11) is 0. The molecule has 2 nitrogen and oxygen atoms in total. The number of para-hydroxylation sites is 1. The van der Waals surface area contributed by atoms with Crippen molar-refractivity contribution in [3.8, 4) is 0 Å². The molecule has 0 aliphatic carbocycles. The lowest BCUT2D eigenvalue weighted by molar-refractivity contribution is 0.153. The maximum Gasteiger partial charge on any atom is 0.0457 e. The summed E-state index contributed by atoms with van der Waals surface area (Å²) in [4.78, 5) is 5.98. The second-order valence-corrected chi connectivity index (χ2v) is 5.17. The maximum atomic E-state index is 3.37. The zero-order chi connectivity index (χ0) is 11.7. The van der Waals surface area contributed by atoms with E-state index in [0.717, 1.165) is 12.6 Å². The van der Waals surface area contributed by atoms with Crippen LogP contribution in [0.3, 0.4) is 0 Å². The van der Waals surface area contributed by atoms with Crippen LogP contribution in [0.2, 0.25) is 0 Å². The minimum absolute atomic E-state index is 0.734. The second kappa shape index (κ2) is 4.53. The fourth-order valence-corrected chi connectivity index (χ4v) is 2.87. The lowest BCUT2D eigenvalue weighted by Crippen LogP contribution is -2.36. The SMILES string of the molecule is C[C@H]1CCCCN1Cc1c[nH]c2ccccc12. The van der Waals surface area contributed by atoms with Crippen LogP contribution in [0.5, 0.6) is 0 Å². The molecule has 1 aromatic carbocycles. The second-order valence-electron chi connectivity index (χ2n) is 5.17. The fraction of sp³-hybridized carbons (Fsp3) is 0.467. The Bertz CT molecular complexity index is 500. The molecule has 0 bridgehead atoms. The Balaban J connectivity index is 1.84. The summed E-state index contributed by atoms with van der Waals surface area (Å²) in [6.07, 6.45) is 6.27. The standard InChI is InChI=1S/C15H20N2/c1-12-6-4-5-9-17(12)11-13-10-16-15-8-3-2-7-14(13)15/h2-3,7-8,10,12,16H,4-6,9,11H2,1H3/t12-/m0/s1. The summed E-state index contributed by atoms with van der Waals surface area (Å²) >= 11 is 0. The number of likely N-dealkylation sites (tertiary alicyclic amines) is 1. The first-order chi connectivity index (χ1) is 8.34. The molecule has 0 saturated carbocycles. The van der Waals surface area contributed by atoms with E-state index in [4.69, 9.17) is 0 Å². The quantitative estimate of drug-likeness (QED) is 0.833. The number of rotatable bonds is 2. The molecule has 1 aromatic heterocycles. The van der Waals surface area contributed by atoms with Gasteiger partial charge in [0, 0.05) is 29.7 Å². The van der Waals surface area contributed by atoms with Crippen molar-refractivity contribution in [3.63, 3.8) is 0 Å². The first-order valence-electron chi connectivity index (χ1n) is 6.63. The van der Waals surface area contributed by atoms with Crippen molar-refractivity contribution in [3.05, 3.63) is 36.0 Å². The molecule has 17 heavy (non-hydrogen) atoms. The van der Waals surface area contributed by atoms with E-state index >= 15 is 0 Å². The molecule has 1 fully saturated rings. The number of aromatic nitrogens is 1. The van der Waals surface area contributed by atoms with Crippen LogP contribution in [0, 0.1) is 0 Å². The minimum atomic E-state index is 0.734. The molecule has 1 atom stereocenters. The number of nitrogens with one attached hydrogen (secondary N) is 1. The van der Waals surface area contributed by atoms with Crippen LogP contribution >= 0.6 is 0 Å². The highest BCUT2D eigenvalue weighted by Crippen LogP contribution is 2.23. The molecular weight excluding hydrogens is 208 g/mol. The van der Waals surface area contributed by atoms with Crippen LogP contribution in [-0.2, 0) is 6.54 Å². The zero-order valence-corrected chi connectivity index (χ0v) is 10.4. The summed E-state index contributed by atoms with van der Waals surface area (Å²) in [5.41, 5.74) is 2.70. The van der Waals surface area contributed by atoms with Crippen molar-refractivity contribution in [2.45, 2.75) is 38.8 Å². The van der Waals surface area contributed by atoms with Crippen molar-refractivity contribution >= 4 is 10.9 Å². The molecule has 0 radical (unpaired) electrons. The van der Waals surface area contributed by atoms with Crippen molar-refractivity contribution in [2.75, 3.05) is 6.54 Å². The molecular formula is C15H20N2. The number of hydrogen-bond donors (Lipinski definition) is 1. The van der Waals surface area contributed by atoms with Gasteiger partial charge in [0.2, 0.25) is 0 Å². The van der Waals surface area contributed by atoms with E-state index in [1.807, 2.05) is 0 Å². The van der Waals surface area contributed by atoms with Gasteiger partial charge in [-0.3, -0.25) is 4.90 Å². The molecule has 0 amide bonds. The summed E-state index contributed by atoms with van der Waals surface area (Å²) in [5.74, 6) is 0. The molecule has 1 aliphatic heterocycles. The molecule has 1 N–H and O–H groups in total. The molecule has 2 heteroatoms. The normalized spacial score (nSPS) is 22.1. The first kappa shape index (κ1) is 10.8. The van der Waals surface area contributed by atoms with Gasteiger partial charge < -0.3 is 4.98 Å². The predicted molar refractivity (Wildman–Crippen MR) is 72.0 cm³/mol. The Hall–Kier alpha value is -1.28. The number of aromatic amines is 1. The molecule has 90 valence electrons. The van der Waals surface area contributed by atoms with E-state index < -0.39 is 0 Å². The Kier molecular flexibility index (Phi) is 2.89. The van der Waals surface area contributed by atoms with E-state index in [1.165, 1.54) is 42.3 Å². The Labute approximate surface area is 103 Å². The number of fused-ring (bicyclic) bond motifs is 1. The number of piperidine rings is 1. The Morgan fingerprint density at radius 1 is 1.29 bits per heavy atom. The average molecular weight is 228 g/mol. The van der Waals surface area contributed by atoms with E-state index in [0.29, 0.717) is 0 Å². The van der Waals surface area contributed by atoms with Crippen molar-refractivity contribution in [2.24, 2.45) is 0 Å². The van der Waals surface area contributed by atoms with Gasteiger partial charge in [0.25, 0.3) is 0 Å². The number of benzene rings is 1. The highest BCUT2D eigenvalue weighted by Gasteiger charge is 2.19. The van der Waals surface area contributed by atoms with Crippen LogP contribution in [0.15, 0.2) is 30.5 Å². The van der Waals surface area contributed by atoms with Gasteiger partial charge in [0.05, 0.1) is 0 Å². The highest BCUT2D eigenvalue weighted by molar-refractivity contribution is 5.82. The molecule has 1 aliphatic rings. The summed E-state index contributed by atoms with van der Waals surface area (Å²) in [6.45, 7) is 4.69. The van der Waals surface area contributed by atoms with Gasteiger partial charge in [-0.25, -0.2) is 0 Å². The molecule has 1 saturated heterocycles. The van der Waals surface area contributed by atoms with Crippen molar-refractivity contribution in [1.82, 2.24) is 9.88 Å². The fourth-order valence-electron chi connectivity index (χ4n) is 2.87. The van der Waals surface area contributed by atoms with Gasteiger partial charge in [0.1, 0.15) is 0 Å². The molecule has 0 spiro atoms. The lowest BCUT2D eigenvalue weighted by atomic mass is 10.0. The predicted octanol–water partition coefficient (Wildman–Crippen LogP) is 3.54. The van der Waals surface area contributed by atoms with Gasteiger partial charge in [-0.2, -0.15) is 0 Å². The minimum Gasteiger partial charge on any atom is -0.361 e. The highest BCUT2D eigenvalue weighted by atomic mass is 15.2. The monoisotopic (exact) mass is 228 g/mol. The smallest absolute Gasteiger partial charge is 0.0457 e. The van der Waals surface area contributed by atoms with Gasteiger partial charge in [-0.1, -0.05) is 24.6 Å². The topological polar surface area (TPSA) is 19.0 Å². The van der Waals surface area contributed by atoms with Crippen molar-refractivity contribution < 1.29 is 0 Å². The number of nitrogens with zero attached hydrogens (tertiary/aromatic N) is 1. The Morgan fingerprint density at radius 2 is 2.18 bits per heavy atom. The third-order valence-electron chi connectivity index (χ3n) is 3.99.